The number of nitrogens with one attached hydrogen (secondary N) is 1. The smallest absolute Gasteiger partial charge is 0.337 e. The van der Waals surface area contributed by atoms with Crippen molar-refractivity contribution in [2.75, 3.05) is 13.7 Å². The van der Waals surface area contributed by atoms with Crippen LogP contribution in [0.3, 0.4) is 0 Å². The van der Waals surface area contributed by atoms with Crippen molar-refractivity contribution in [3.05, 3.63) is 35.4 Å². The SMILES string of the molecule is COC(=O)c1ccc(CNCC2CCCCC2O)cc1. The van der Waals surface area contributed by atoms with Crippen LogP contribution >= 0.6 is 0 Å². The van der Waals surface area contributed by atoms with Crippen LogP contribution < -0.4 is 5.32 Å². The van der Waals surface area contributed by atoms with E-state index in [1.54, 1.807) is 12.1 Å². The molecule has 0 bridgehead atoms. The Hall–Kier alpha value is -1.39. The lowest BCUT2D eigenvalue weighted by atomic mass is 9.86. The first-order valence-electron chi connectivity index (χ1n) is 7.26. The summed E-state index contributed by atoms with van der Waals surface area (Å²) in [5.74, 6) is 0.0629. The number of hydrogen-bond donors (Lipinski definition) is 2. The molecule has 0 saturated heterocycles. The van der Waals surface area contributed by atoms with Gasteiger partial charge in [0.25, 0.3) is 0 Å². The van der Waals surface area contributed by atoms with E-state index in [4.69, 9.17) is 0 Å². The molecule has 1 aliphatic carbocycles. The number of rotatable bonds is 5. The second-order valence-electron chi connectivity index (χ2n) is 5.43. The second-order valence-corrected chi connectivity index (χ2v) is 5.43. The molecule has 1 saturated carbocycles. The standard InChI is InChI=1S/C16H23NO3/c1-20-16(19)13-8-6-12(7-9-13)10-17-11-14-4-2-3-5-15(14)18/h6-9,14-15,17-18H,2-5,10-11H2,1H3. The molecule has 1 aromatic carbocycles. The van der Waals surface area contributed by atoms with Gasteiger partial charge in [0.15, 0.2) is 0 Å². The molecule has 2 atom stereocenters. The van der Waals surface area contributed by atoms with E-state index in [2.05, 4.69) is 10.1 Å². The topological polar surface area (TPSA) is 58.6 Å². The number of carbonyl (C=O) groups is 1. The number of aliphatic hydroxyl groups excluding tert-OH is 1. The molecule has 1 aliphatic rings. The first kappa shape index (κ1) is 15.0. The number of ether oxygens (including phenoxy) is 1. The normalized spacial score (nSPS) is 22.5. The molecule has 0 spiro atoms. The van der Waals surface area contributed by atoms with Gasteiger partial charge >= 0.3 is 5.97 Å². The molecule has 2 unspecified atom stereocenters. The number of esters is 1. The Morgan fingerprint density at radius 1 is 1.30 bits per heavy atom. The summed E-state index contributed by atoms with van der Waals surface area (Å²) in [6.07, 6.45) is 4.25. The van der Waals surface area contributed by atoms with Crippen LogP contribution in [0, 0.1) is 5.92 Å². The summed E-state index contributed by atoms with van der Waals surface area (Å²) < 4.78 is 4.67. The highest BCUT2D eigenvalue weighted by Gasteiger charge is 2.22. The summed E-state index contributed by atoms with van der Waals surface area (Å²) in [7, 11) is 1.38. The number of carbonyl (C=O) groups excluding carboxylic acids is 1. The van der Waals surface area contributed by atoms with Crippen molar-refractivity contribution in [1.82, 2.24) is 5.32 Å². The van der Waals surface area contributed by atoms with Gasteiger partial charge in [-0.25, -0.2) is 4.79 Å². The predicted octanol–water partition coefficient (Wildman–Crippen LogP) is 2.11. The van der Waals surface area contributed by atoms with Gasteiger partial charge in [0.05, 0.1) is 18.8 Å². The maximum atomic E-state index is 11.3. The monoisotopic (exact) mass is 277 g/mol. The Morgan fingerprint density at radius 3 is 2.65 bits per heavy atom. The zero-order valence-electron chi connectivity index (χ0n) is 12.0. The number of aliphatic hydroxyl groups is 1. The van der Waals surface area contributed by atoms with Crippen LogP contribution in [0.1, 0.15) is 41.6 Å². The minimum absolute atomic E-state index is 0.155. The van der Waals surface area contributed by atoms with Crippen LogP contribution in [0.4, 0.5) is 0 Å². The fourth-order valence-electron chi connectivity index (χ4n) is 2.70. The van der Waals surface area contributed by atoms with Gasteiger partial charge in [0, 0.05) is 13.1 Å². The van der Waals surface area contributed by atoms with Crippen LogP contribution in [-0.2, 0) is 11.3 Å². The van der Waals surface area contributed by atoms with E-state index < -0.39 is 0 Å². The Bertz CT molecular complexity index is 430. The van der Waals surface area contributed by atoms with Crippen molar-refractivity contribution in [1.29, 1.82) is 0 Å². The number of hydrogen-bond acceptors (Lipinski definition) is 4. The minimum Gasteiger partial charge on any atom is -0.465 e. The average Bonchev–Trinajstić information content (AvgIpc) is 2.49. The van der Waals surface area contributed by atoms with E-state index in [9.17, 15) is 9.90 Å². The van der Waals surface area contributed by atoms with Gasteiger partial charge in [-0.15, -0.1) is 0 Å². The van der Waals surface area contributed by atoms with E-state index in [0.29, 0.717) is 11.5 Å². The van der Waals surface area contributed by atoms with Crippen LogP contribution in [0.2, 0.25) is 0 Å². The molecule has 0 amide bonds. The summed E-state index contributed by atoms with van der Waals surface area (Å²) in [4.78, 5) is 11.3. The van der Waals surface area contributed by atoms with E-state index in [1.807, 2.05) is 12.1 Å². The molecular weight excluding hydrogens is 254 g/mol. The molecule has 0 radical (unpaired) electrons. The first-order valence-corrected chi connectivity index (χ1v) is 7.26. The zero-order chi connectivity index (χ0) is 14.4. The molecule has 1 aromatic rings. The van der Waals surface area contributed by atoms with Crippen LogP contribution in [0.5, 0.6) is 0 Å². The van der Waals surface area contributed by atoms with Gasteiger partial charge in [-0.05, 0) is 36.5 Å². The zero-order valence-corrected chi connectivity index (χ0v) is 12.0. The predicted molar refractivity (Wildman–Crippen MR) is 77.5 cm³/mol. The van der Waals surface area contributed by atoms with Crippen LogP contribution in [0.15, 0.2) is 24.3 Å². The molecule has 4 heteroatoms. The van der Waals surface area contributed by atoms with Gasteiger partial charge in [0.1, 0.15) is 0 Å². The summed E-state index contributed by atoms with van der Waals surface area (Å²) in [6, 6.07) is 7.41. The third-order valence-electron chi connectivity index (χ3n) is 3.98. The average molecular weight is 277 g/mol. The molecule has 20 heavy (non-hydrogen) atoms. The highest BCUT2D eigenvalue weighted by molar-refractivity contribution is 5.89. The summed E-state index contributed by atoms with van der Waals surface area (Å²) in [6.45, 7) is 1.60. The van der Waals surface area contributed by atoms with Gasteiger partial charge in [-0.2, -0.15) is 0 Å². The minimum atomic E-state index is -0.310. The summed E-state index contributed by atoms with van der Waals surface area (Å²) >= 11 is 0. The highest BCUT2D eigenvalue weighted by atomic mass is 16.5. The van der Waals surface area contributed by atoms with Crippen molar-refractivity contribution in [2.45, 2.75) is 38.3 Å². The van der Waals surface area contributed by atoms with Gasteiger partial charge in [-0.3, -0.25) is 0 Å². The Morgan fingerprint density at radius 2 is 2.00 bits per heavy atom. The van der Waals surface area contributed by atoms with Gasteiger partial charge in [0.2, 0.25) is 0 Å². The van der Waals surface area contributed by atoms with E-state index >= 15 is 0 Å². The highest BCUT2D eigenvalue weighted by Crippen LogP contribution is 2.23. The fourth-order valence-corrected chi connectivity index (χ4v) is 2.70. The van der Waals surface area contributed by atoms with Gasteiger partial charge in [-0.1, -0.05) is 25.0 Å². The Balaban J connectivity index is 1.77. The maximum Gasteiger partial charge on any atom is 0.337 e. The lowest BCUT2D eigenvalue weighted by molar-refractivity contribution is 0.0600. The largest absolute Gasteiger partial charge is 0.465 e. The van der Waals surface area contributed by atoms with E-state index in [0.717, 1.165) is 37.9 Å². The third-order valence-corrected chi connectivity index (χ3v) is 3.98. The Labute approximate surface area is 120 Å². The van der Waals surface area contributed by atoms with Crippen molar-refractivity contribution in [2.24, 2.45) is 5.92 Å². The molecule has 4 nitrogen and oxygen atoms in total. The fraction of sp³-hybridized carbons (Fsp3) is 0.562. The number of benzene rings is 1. The van der Waals surface area contributed by atoms with Crippen molar-refractivity contribution in [3.8, 4) is 0 Å². The van der Waals surface area contributed by atoms with E-state index in [1.165, 1.54) is 13.5 Å². The molecule has 0 aromatic heterocycles. The summed E-state index contributed by atoms with van der Waals surface area (Å²) in [5, 5.41) is 13.3. The molecule has 2 rings (SSSR count). The lowest BCUT2D eigenvalue weighted by Gasteiger charge is -2.27. The second kappa shape index (κ2) is 7.41. The Kier molecular flexibility index (Phi) is 5.56. The molecular formula is C16H23NO3. The third kappa shape index (κ3) is 4.05. The molecule has 0 aliphatic heterocycles. The first-order chi connectivity index (χ1) is 9.70. The maximum absolute atomic E-state index is 11.3. The molecule has 110 valence electrons. The van der Waals surface area contributed by atoms with Crippen LogP contribution in [0.25, 0.3) is 0 Å². The molecule has 0 heterocycles. The summed E-state index contributed by atoms with van der Waals surface area (Å²) in [5.41, 5.74) is 1.70. The molecule has 2 N–H and O–H groups in total. The van der Waals surface area contributed by atoms with Crippen molar-refractivity contribution >= 4 is 5.97 Å². The number of methoxy groups -OCH3 is 1. The van der Waals surface area contributed by atoms with Crippen molar-refractivity contribution < 1.29 is 14.6 Å². The van der Waals surface area contributed by atoms with E-state index in [-0.39, 0.29) is 12.1 Å². The van der Waals surface area contributed by atoms with Crippen molar-refractivity contribution in [3.63, 3.8) is 0 Å². The quantitative estimate of drug-likeness (QED) is 0.809. The van der Waals surface area contributed by atoms with Gasteiger partial charge < -0.3 is 15.2 Å². The lowest BCUT2D eigenvalue weighted by Crippen LogP contribution is -2.33. The van der Waals surface area contributed by atoms with Crippen LogP contribution in [-0.4, -0.2) is 30.8 Å². The molecule has 1 fully saturated rings.